The fraction of sp³-hybridized carbons (Fsp3) is 0.0833. The maximum Gasteiger partial charge on any atom is 0.149 e. The molecule has 0 unspecified atom stereocenters. The van der Waals surface area contributed by atoms with Crippen LogP contribution in [0.25, 0.3) is 0 Å². The molecule has 5 heteroatoms. The van der Waals surface area contributed by atoms with Crippen LogP contribution in [0.5, 0.6) is 0 Å². The number of benzene rings is 1. The SMILES string of the molecule is Nc1cccnc1NCc1ccc(Cl)cc1Cl. The van der Waals surface area contributed by atoms with Gasteiger partial charge in [0.15, 0.2) is 0 Å². The Morgan fingerprint density at radius 1 is 1.24 bits per heavy atom. The van der Waals surface area contributed by atoms with Crippen molar-refractivity contribution in [3.8, 4) is 0 Å². The number of nitrogen functional groups attached to an aromatic ring is 1. The molecule has 2 rings (SSSR count). The van der Waals surface area contributed by atoms with Crippen LogP contribution < -0.4 is 11.1 Å². The average Bonchev–Trinajstić information content (AvgIpc) is 2.30. The van der Waals surface area contributed by atoms with E-state index in [0.29, 0.717) is 28.1 Å². The van der Waals surface area contributed by atoms with E-state index in [4.69, 9.17) is 28.9 Å². The molecule has 0 aliphatic rings. The summed E-state index contributed by atoms with van der Waals surface area (Å²) in [6.45, 7) is 0.553. The number of aromatic nitrogens is 1. The van der Waals surface area contributed by atoms with Crippen LogP contribution in [0, 0.1) is 0 Å². The van der Waals surface area contributed by atoms with Gasteiger partial charge in [-0.15, -0.1) is 0 Å². The third-order valence-electron chi connectivity index (χ3n) is 2.30. The predicted octanol–water partition coefficient (Wildman–Crippen LogP) is 3.58. The van der Waals surface area contributed by atoms with Crippen LogP contribution >= 0.6 is 23.2 Å². The lowest BCUT2D eigenvalue weighted by Gasteiger charge is -2.09. The molecule has 0 amide bonds. The number of pyridine rings is 1. The van der Waals surface area contributed by atoms with Crippen molar-refractivity contribution < 1.29 is 0 Å². The summed E-state index contributed by atoms with van der Waals surface area (Å²) in [5, 5.41) is 4.37. The molecule has 2 aromatic rings. The van der Waals surface area contributed by atoms with Gasteiger partial charge in [-0.05, 0) is 29.8 Å². The van der Waals surface area contributed by atoms with Crippen LogP contribution in [0.2, 0.25) is 10.0 Å². The van der Waals surface area contributed by atoms with E-state index in [-0.39, 0.29) is 0 Å². The van der Waals surface area contributed by atoms with Crippen molar-refractivity contribution in [2.45, 2.75) is 6.54 Å². The van der Waals surface area contributed by atoms with Gasteiger partial charge in [0.1, 0.15) is 5.82 Å². The zero-order chi connectivity index (χ0) is 12.3. The van der Waals surface area contributed by atoms with E-state index >= 15 is 0 Å². The molecule has 3 nitrogen and oxygen atoms in total. The van der Waals surface area contributed by atoms with Gasteiger partial charge in [-0.25, -0.2) is 4.98 Å². The summed E-state index contributed by atoms with van der Waals surface area (Å²) < 4.78 is 0. The van der Waals surface area contributed by atoms with E-state index in [2.05, 4.69) is 10.3 Å². The first-order valence-electron chi connectivity index (χ1n) is 5.05. The van der Waals surface area contributed by atoms with Crippen molar-refractivity contribution in [3.63, 3.8) is 0 Å². The molecule has 3 N–H and O–H groups in total. The minimum Gasteiger partial charge on any atom is -0.396 e. The molecule has 0 spiro atoms. The minimum absolute atomic E-state index is 0.553. The third kappa shape index (κ3) is 3.02. The quantitative estimate of drug-likeness (QED) is 0.894. The normalized spacial score (nSPS) is 10.2. The van der Waals surface area contributed by atoms with E-state index in [0.717, 1.165) is 5.56 Å². The molecule has 0 fully saturated rings. The van der Waals surface area contributed by atoms with Gasteiger partial charge < -0.3 is 11.1 Å². The molecule has 1 aromatic carbocycles. The van der Waals surface area contributed by atoms with Crippen LogP contribution in [-0.4, -0.2) is 4.98 Å². The zero-order valence-corrected chi connectivity index (χ0v) is 10.5. The van der Waals surface area contributed by atoms with Gasteiger partial charge in [0.25, 0.3) is 0 Å². The number of halogens is 2. The largest absolute Gasteiger partial charge is 0.396 e. The summed E-state index contributed by atoms with van der Waals surface area (Å²) in [4.78, 5) is 4.14. The smallest absolute Gasteiger partial charge is 0.149 e. The van der Waals surface area contributed by atoms with Crippen LogP contribution in [-0.2, 0) is 6.54 Å². The summed E-state index contributed by atoms with van der Waals surface area (Å²) in [6.07, 6.45) is 1.68. The average molecular weight is 268 g/mol. The lowest BCUT2D eigenvalue weighted by Crippen LogP contribution is -2.04. The fourth-order valence-corrected chi connectivity index (χ4v) is 1.88. The van der Waals surface area contributed by atoms with E-state index in [1.807, 2.05) is 6.07 Å². The zero-order valence-electron chi connectivity index (χ0n) is 8.95. The van der Waals surface area contributed by atoms with Crippen LogP contribution in [0.3, 0.4) is 0 Å². The molecule has 1 heterocycles. The molecule has 17 heavy (non-hydrogen) atoms. The van der Waals surface area contributed by atoms with E-state index < -0.39 is 0 Å². The first kappa shape index (κ1) is 12.0. The number of hydrogen-bond acceptors (Lipinski definition) is 3. The topological polar surface area (TPSA) is 50.9 Å². The molecule has 1 aromatic heterocycles. The van der Waals surface area contributed by atoms with Crippen molar-refractivity contribution in [1.29, 1.82) is 0 Å². The lowest BCUT2D eigenvalue weighted by atomic mass is 10.2. The Hall–Kier alpha value is -1.45. The maximum absolute atomic E-state index is 6.06. The van der Waals surface area contributed by atoms with Gasteiger partial charge in [0, 0.05) is 22.8 Å². The molecular weight excluding hydrogens is 257 g/mol. The Bertz CT molecular complexity index is 529. The molecule has 0 saturated carbocycles. The van der Waals surface area contributed by atoms with Gasteiger partial charge in [-0.2, -0.15) is 0 Å². The number of hydrogen-bond donors (Lipinski definition) is 2. The van der Waals surface area contributed by atoms with Crippen LogP contribution in [0.4, 0.5) is 11.5 Å². The van der Waals surface area contributed by atoms with Gasteiger partial charge in [0.2, 0.25) is 0 Å². The van der Waals surface area contributed by atoms with E-state index in [1.54, 1.807) is 30.5 Å². The third-order valence-corrected chi connectivity index (χ3v) is 2.89. The highest BCUT2D eigenvalue weighted by Crippen LogP contribution is 2.22. The second-order valence-corrected chi connectivity index (χ2v) is 4.37. The summed E-state index contributed by atoms with van der Waals surface area (Å²) in [5.74, 6) is 0.651. The number of nitrogens with two attached hydrogens (primary N) is 1. The van der Waals surface area contributed by atoms with Gasteiger partial charge >= 0.3 is 0 Å². The van der Waals surface area contributed by atoms with Gasteiger partial charge in [-0.1, -0.05) is 29.3 Å². The first-order chi connectivity index (χ1) is 8.16. The Kier molecular flexibility index (Phi) is 3.71. The predicted molar refractivity (Wildman–Crippen MR) is 72.4 cm³/mol. The highest BCUT2D eigenvalue weighted by Gasteiger charge is 2.03. The molecule has 0 bridgehead atoms. The van der Waals surface area contributed by atoms with Crippen molar-refractivity contribution in [2.75, 3.05) is 11.1 Å². The lowest BCUT2D eigenvalue weighted by molar-refractivity contribution is 1.11. The molecule has 0 aliphatic heterocycles. The molecule has 0 saturated heterocycles. The van der Waals surface area contributed by atoms with Gasteiger partial charge in [-0.3, -0.25) is 0 Å². The number of rotatable bonds is 3. The standard InChI is InChI=1S/C12H11Cl2N3/c13-9-4-3-8(10(14)6-9)7-17-12-11(15)2-1-5-16-12/h1-6H,7,15H2,(H,16,17). The molecule has 0 aliphatic carbocycles. The summed E-state index contributed by atoms with van der Waals surface area (Å²) in [6, 6.07) is 8.96. The highest BCUT2D eigenvalue weighted by molar-refractivity contribution is 6.35. The summed E-state index contributed by atoms with van der Waals surface area (Å²) in [5.41, 5.74) is 7.32. The van der Waals surface area contributed by atoms with Crippen molar-refractivity contribution in [1.82, 2.24) is 4.98 Å². The Morgan fingerprint density at radius 2 is 2.06 bits per heavy atom. The van der Waals surface area contributed by atoms with Gasteiger partial charge in [0.05, 0.1) is 5.69 Å². The molecule has 0 atom stereocenters. The van der Waals surface area contributed by atoms with E-state index in [9.17, 15) is 0 Å². The molecule has 0 radical (unpaired) electrons. The number of nitrogens with zero attached hydrogens (tertiary/aromatic N) is 1. The fourth-order valence-electron chi connectivity index (χ4n) is 1.41. The van der Waals surface area contributed by atoms with Crippen molar-refractivity contribution in [3.05, 3.63) is 52.1 Å². The second kappa shape index (κ2) is 5.25. The summed E-state index contributed by atoms with van der Waals surface area (Å²) >= 11 is 11.9. The molecule has 88 valence electrons. The molecular formula is C12H11Cl2N3. The van der Waals surface area contributed by atoms with Crippen LogP contribution in [0.15, 0.2) is 36.5 Å². The van der Waals surface area contributed by atoms with Crippen molar-refractivity contribution >= 4 is 34.7 Å². The van der Waals surface area contributed by atoms with Crippen molar-refractivity contribution in [2.24, 2.45) is 0 Å². The first-order valence-corrected chi connectivity index (χ1v) is 5.80. The number of anilines is 2. The Morgan fingerprint density at radius 3 is 2.76 bits per heavy atom. The Balaban J connectivity index is 2.10. The summed E-state index contributed by atoms with van der Waals surface area (Å²) in [7, 11) is 0. The minimum atomic E-state index is 0.553. The highest BCUT2D eigenvalue weighted by atomic mass is 35.5. The van der Waals surface area contributed by atoms with Crippen LogP contribution in [0.1, 0.15) is 5.56 Å². The van der Waals surface area contributed by atoms with E-state index in [1.165, 1.54) is 0 Å². The number of nitrogens with one attached hydrogen (secondary N) is 1. The maximum atomic E-state index is 6.06. The second-order valence-electron chi connectivity index (χ2n) is 3.53. The Labute approximate surface area is 110 Å². The monoisotopic (exact) mass is 267 g/mol.